The summed E-state index contributed by atoms with van der Waals surface area (Å²) < 4.78 is 9.82. The monoisotopic (exact) mass is 233 g/mol. The van der Waals surface area contributed by atoms with E-state index in [0.29, 0.717) is 19.6 Å². The van der Waals surface area contributed by atoms with E-state index in [1.807, 2.05) is 6.92 Å². The summed E-state index contributed by atoms with van der Waals surface area (Å²) >= 11 is 0. The number of rotatable bonds is 9. The number of ether oxygens (including phenoxy) is 2. The Morgan fingerprint density at radius 1 is 1.44 bits per heavy atom. The summed E-state index contributed by atoms with van der Waals surface area (Å²) in [4.78, 5) is 11.3. The van der Waals surface area contributed by atoms with Crippen LogP contribution in [0.4, 0.5) is 0 Å². The Bertz CT molecular complexity index is 194. The van der Waals surface area contributed by atoms with Crippen molar-refractivity contribution < 1.29 is 19.4 Å². The molecule has 0 aromatic rings. The normalized spacial score (nSPS) is 14.5. The maximum atomic E-state index is 11.3. The molecule has 0 aliphatic rings. The highest BCUT2D eigenvalue weighted by molar-refractivity contribution is 5.77. The molecule has 0 aliphatic heterocycles. The van der Waals surface area contributed by atoms with Crippen LogP contribution in [0, 0.1) is 0 Å². The van der Waals surface area contributed by atoms with Gasteiger partial charge >= 0.3 is 0 Å². The van der Waals surface area contributed by atoms with Gasteiger partial charge in [-0.05, 0) is 13.3 Å². The number of aliphatic hydroxyl groups is 1. The van der Waals surface area contributed by atoms with Gasteiger partial charge in [0.2, 0.25) is 5.91 Å². The van der Waals surface area contributed by atoms with Crippen molar-refractivity contribution in [3.05, 3.63) is 0 Å². The molecule has 16 heavy (non-hydrogen) atoms. The number of carbonyl (C=O) groups is 1. The van der Waals surface area contributed by atoms with Gasteiger partial charge in [0.05, 0.1) is 18.8 Å². The molecule has 0 bridgehead atoms. The van der Waals surface area contributed by atoms with Gasteiger partial charge in [-0.25, -0.2) is 0 Å². The molecule has 0 fully saturated rings. The quantitative estimate of drug-likeness (QED) is 0.563. The summed E-state index contributed by atoms with van der Waals surface area (Å²) in [5.41, 5.74) is -0.836. The van der Waals surface area contributed by atoms with Gasteiger partial charge in [0, 0.05) is 13.7 Å². The van der Waals surface area contributed by atoms with E-state index in [9.17, 15) is 9.90 Å². The standard InChI is InChI=1S/C11H23NO4/c1-4-5-11(2,14)9-12-10(13)8-16-7-6-15-3/h14H,4-9H2,1-3H3,(H,12,13). The average molecular weight is 233 g/mol. The lowest BCUT2D eigenvalue weighted by Crippen LogP contribution is -2.41. The highest BCUT2D eigenvalue weighted by Crippen LogP contribution is 2.09. The molecule has 0 saturated heterocycles. The molecule has 1 amide bonds. The van der Waals surface area contributed by atoms with Crippen molar-refractivity contribution >= 4 is 5.91 Å². The van der Waals surface area contributed by atoms with Crippen LogP contribution in [0.25, 0.3) is 0 Å². The Morgan fingerprint density at radius 3 is 2.69 bits per heavy atom. The van der Waals surface area contributed by atoms with Crippen molar-refractivity contribution in [2.24, 2.45) is 0 Å². The Kier molecular flexibility index (Phi) is 8.15. The third kappa shape index (κ3) is 8.64. The number of carbonyl (C=O) groups excluding carboxylic acids is 1. The first-order chi connectivity index (χ1) is 7.52. The maximum absolute atomic E-state index is 11.3. The van der Waals surface area contributed by atoms with Crippen molar-refractivity contribution in [3.63, 3.8) is 0 Å². The van der Waals surface area contributed by atoms with E-state index >= 15 is 0 Å². The predicted octanol–water partition coefficient (Wildman–Crippen LogP) is 0.317. The van der Waals surface area contributed by atoms with E-state index in [1.165, 1.54) is 0 Å². The zero-order valence-corrected chi connectivity index (χ0v) is 10.4. The molecule has 0 saturated carbocycles. The second kappa shape index (κ2) is 8.50. The topological polar surface area (TPSA) is 67.8 Å². The minimum Gasteiger partial charge on any atom is -0.388 e. The largest absolute Gasteiger partial charge is 0.388 e. The number of hydrogen-bond donors (Lipinski definition) is 2. The van der Waals surface area contributed by atoms with Crippen LogP contribution in [0.1, 0.15) is 26.7 Å². The fourth-order valence-electron chi connectivity index (χ4n) is 1.27. The van der Waals surface area contributed by atoms with Crippen LogP contribution in [-0.2, 0) is 14.3 Å². The van der Waals surface area contributed by atoms with E-state index < -0.39 is 5.60 Å². The highest BCUT2D eigenvalue weighted by atomic mass is 16.5. The van der Waals surface area contributed by atoms with Crippen LogP contribution in [0.3, 0.4) is 0 Å². The molecular weight excluding hydrogens is 210 g/mol. The third-order valence-corrected chi connectivity index (χ3v) is 2.12. The molecule has 0 rings (SSSR count). The van der Waals surface area contributed by atoms with Crippen LogP contribution >= 0.6 is 0 Å². The fourth-order valence-corrected chi connectivity index (χ4v) is 1.27. The first-order valence-electron chi connectivity index (χ1n) is 5.57. The van der Waals surface area contributed by atoms with E-state index in [0.717, 1.165) is 6.42 Å². The first-order valence-corrected chi connectivity index (χ1v) is 5.57. The van der Waals surface area contributed by atoms with Crippen LogP contribution in [0.15, 0.2) is 0 Å². The van der Waals surface area contributed by atoms with Gasteiger partial charge in [-0.3, -0.25) is 4.79 Å². The molecule has 0 aromatic heterocycles. The van der Waals surface area contributed by atoms with Crippen molar-refractivity contribution in [1.29, 1.82) is 0 Å². The lowest BCUT2D eigenvalue weighted by Gasteiger charge is -2.22. The molecule has 2 N–H and O–H groups in total. The molecule has 0 aromatic carbocycles. The highest BCUT2D eigenvalue weighted by Gasteiger charge is 2.19. The van der Waals surface area contributed by atoms with E-state index in [4.69, 9.17) is 9.47 Å². The second-order valence-electron chi connectivity index (χ2n) is 4.07. The van der Waals surface area contributed by atoms with Gasteiger partial charge < -0.3 is 19.9 Å². The summed E-state index contributed by atoms with van der Waals surface area (Å²) in [5.74, 6) is -0.215. The number of methoxy groups -OCH3 is 1. The average Bonchev–Trinajstić information content (AvgIpc) is 2.22. The Labute approximate surface area is 97.1 Å². The van der Waals surface area contributed by atoms with Gasteiger partial charge in [-0.1, -0.05) is 13.3 Å². The zero-order chi connectivity index (χ0) is 12.4. The van der Waals surface area contributed by atoms with Crippen LogP contribution in [0.5, 0.6) is 0 Å². The molecule has 0 aliphatic carbocycles. The number of nitrogens with one attached hydrogen (secondary N) is 1. The molecule has 1 atom stereocenters. The lowest BCUT2D eigenvalue weighted by molar-refractivity contribution is -0.127. The summed E-state index contributed by atoms with van der Waals surface area (Å²) in [6.07, 6.45) is 1.55. The molecule has 96 valence electrons. The van der Waals surface area contributed by atoms with Gasteiger partial charge in [0.15, 0.2) is 0 Å². The second-order valence-corrected chi connectivity index (χ2v) is 4.07. The van der Waals surface area contributed by atoms with Gasteiger partial charge in [0.25, 0.3) is 0 Å². The minimum atomic E-state index is -0.836. The van der Waals surface area contributed by atoms with Crippen molar-refractivity contribution in [2.45, 2.75) is 32.3 Å². The van der Waals surface area contributed by atoms with Gasteiger partial charge in [0.1, 0.15) is 6.61 Å². The summed E-state index contributed by atoms with van der Waals surface area (Å²) in [6, 6.07) is 0. The molecular formula is C11H23NO4. The van der Waals surface area contributed by atoms with Crippen molar-refractivity contribution in [1.82, 2.24) is 5.32 Å². The van der Waals surface area contributed by atoms with E-state index in [2.05, 4.69) is 5.32 Å². The molecule has 0 spiro atoms. The predicted molar refractivity (Wildman–Crippen MR) is 61.2 cm³/mol. The summed E-state index contributed by atoms with van der Waals surface area (Å²) in [5, 5.41) is 12.4. The van der Waals surface area contributed by atoms with E-state index in [1.54, 1.807) is 14.0 Å². The number of amides is 1. The maximum Gasteiger partial charge on any atom is 0.246 e. The van der Waals surface area contributed by atoms with Gasteiger partial charge in [-0.15, -0.1) is 0 Å². The molecule has 5 nitrogen and oxygen atoms in total. The molecule has 0 heterocycles. The molecule has 1 unspecified atom stereocenters. The van der Waals surface area contributed by atoms with E-state index in [-0.39, 0.29) is 19.1 Å². The SMILES string of the molecule is CCCC(C)(O)CNC(=O)COCCOC. The van der Waals surface area contributed by atoms with Crippen molar-refractivity contribution in [2.75, 3.05) is 33.5 Å². The summed E-state index contributed by atoms with van der Waals surface area (Å²) in [6.45, 7) is 4.84. The van der Waals surface area contributed by atoms with Crippen LogP contribution in [-0.4, -0.2) is 50.1 Å². The number of hydrogen-bond acceptors (Lipinski definition) is 4. The Morgan fingerprint density at radius 2 is 2.12 bits per heavy atom. The lowest BCUT2D eigenvalue weighted by atomic mass is 10.0. The molecule has 0 radical (unpaired) electrons. The Balaban J connectivity index is 3.56. The van der Waals surface area contributed by atoms with Crippen LogP contribution in [0.2, 0.25) is 0 Å². The fraction of sp³-hybridized carbons (Fsp3) is 0.909. The summed E-state index contributed by atoms with van der Waals surface area (Å²) in [7, 11) is 1.57. The van der Waals surface area contributed by atoms with Gasteiger partial charge in [-0.2, -0.15) is 0 Å². The minimum absolute atomic E-state index is 0.00552. The first kappa shape index (κ1) is 15.3. The third-order valence-electron chi connectivity index (χ3n) is 2.12. The van der Waals surface area contributed by atoms with Crippen molar-refractivity contribution in [3.8, 4) is 0 Å². The smallest absolute Gasteiger partial charge is 0.246 e. The molecule has 5 heteroatoms. The van der Waals surface area contributed by atoms with Crippen LogP contribution < -0.4 is 5.32 Å². The Hall–Kier alpha value is -0.650. The zero-order valence-electron chi connectivity index (χ0n) is 10.4.